The summed E-state index contributed by atoms with van der Waals surface area (Å²) in [7, 11) is -3.50. The predicted molar refractivity (Wildman–Crippen MR) is 80.2 cm³/mol. The van der Waals surface area contributed by atoms with E-state index in [0.717, 1.165) is 5.56 Å². The lowest BCUT2D eigenvalue weighted by Gasteiger charge is -2.20. The minimum Gasteiger partial charge on any atom is -0.207 e. The van der Waals surface area contributed by atoms with Gasteiger partial charge in [-0.1, -0.05) is 32.9 Å². The third kappa shape index (κ3) is 4.48. The van der Waals surface area contributed by atoms with Crippen LogP contribution in [0.25, 0.3) is 0 Å². The maximum Gasteiger partial charge on any atom is 0.240 e. The Labute approximate surface area is 121 Å². The molecule has 0 heterocycles. The van der Waals surface area contributed by atoms with E-state index in [0.29, 0.717) is 0 Å². The fourth-order valence-electron chi connectivity index (χ4n) is 1.54. The summed E-state index contributed by atoms with van der Waals surface area (Å²) in [5.41, 5.74) is 1.11. The molecule has 2 atom stereocenters. The largest absolute Gasteiger partial charge is 0.240 e. The average molecular weight is 304 g/mol. The van der Waals surface area contributed by atoms with Gasteiger partial charge in [-0.05, 0) is 37.0 Å². The van der Waals surface area contributed by atoms with Gasteiger partial charge in [0.25, 0.3) is 0 Å². The first-order valence-electron chi connectivity index (χ1n) is 6.31. The molecular weight excluding hydrogens is 282 g/mol. The molecule has 0 unspecified atom stereocenters. The molecule has 0 saturated heterocycles. The van der Waals surface area contributed by atoms with Crippen LogP contribution in [-0.2, 0) is 15.4 Å². The monoisotopic (exact) mass is 303 g/mol. The fraction of sp³-hybridized carbons (Fsp3) is 0.571. The molecule has 5 heteroatoms. The summed E-state index contributed by atoms with van der Waals surface area (Å²) in [4.78, 5) is 0.268. The summed E-state index contributed by atoms with van der Waals surface area (Å²) in [6.45, 7) is 9.78. The fourth-order valence-corrected chi connectivity index (χ4v) is 3.00. The highest BCUT2D eigenvalue weighted by molar-refractivity contribution is 7.89. The summed E-state index contributed by atoms with van der Waals surface area (Å²) in [6.07, 6.45) is 0. The van der Waals surface area contributed by atoms with Crippen LogP contribution < -0.4 is 4.72 Å². The number of halogens is 1. The van der Waals surface area contributed by atoms with Crippen molar-refractivity contribution in [3.8, 4) is 0 Å². The minimum atomic E-state index is -3.50. The number of hydrogen-bond acceptors (Lipinski definition) is 2. The molecule has 0 amide bonds. The number of rotatable bonds is 4. The van der Waals surface area contributed by atoms with Crippen LogP contribution in [0.5, 0.6) is 0 Å². The van der Waals surface area contributed by atoms with Gasteiger partial charge in [-0.15, -0.1) is 11.6 Å². The topological polar surface area (TPSA) is 46.2 Å². The Morgan fingerprint density at radius 1 is 1.11 bits per heavy atom. The lowest BCUT2D eigenvalue weighted by Crippen LogP contribution is -2.37. The zero-order valence-electron chi connectivity index (χ0n) is 12.1. The molecular formula is C14H22ClNO2S. The smallest absolute Gasteiger partial charge is 0.207 e. The first-order valence-corrected chi connectivity index (χ1v) is 8.23. The Bertz CT molecular complexity index is 515. The Hall–Kier alpha value is -0.580. The van der Waals surface area contributed by atoms with Gasteiger partial charge in [-0.3, -0.25) is 0 Å². The van der Waals surface area contributed by atoms with E-state index in [1.54, 1.807) is 26.0 Å². The van der Waals surface area contributed by atoms with Gasteiger partial charge in [0.05, 0.1) is 4.90 Å². The molecule has 1 aromatic carbocycles. The standard InChI is InChI=1S/C14H22ClNO2S/c1-10(15)11(2)16-19(17,18)13-8-6-12(7-9-13)14(3,4)5/h6-11,16H,1-5H3/t10-,11-/m1/s1. The van der Waals surface area contributed by atoms with E-state index in [1.807, 2.05) is 12.1 Å². The lowest BCUT2D eigenvalue weighted by atomic mass is 9.87. The number of sulfonamides is 1. The molecule has 0 saturated carbocycles. The van der Waals surface area contributed by atoms with Gasteiger partial charge in [0.2, 0.25) is 10.0 Å². The van der Waals surface area contributed by atoms with Gasteiger partial charge in [0, 0.05) is 11.4 Å². The molecule has 0 radical (unpaired) electrons. The van der Waals surface area contributed by atoms with Crippen LogP contribution >= 0.6 is 11.6 Å². The molecule has 108 valence electrons. The normalized spacial score (nSPS) is 16.1. The predicted octanol–water partition coefficient (Wildman–Crippen LogP) is 3.28. The quantitative estimate of drug-likeness (QED) is 0.868. The molecule has 1 aromatic rings. The highest BCUT2D eigenvalue weighted by Gasteiger charge is 2.21. The van der Waals surface area contributed by atoms with Crippen LogP contribution in [0.1, 0.15) is 40.2 Å². The zero-order chi connectivity index (χ0) is 14.8. The van der Waals surface area contributed by atoms with E-state index in [4.69, 9.17) is 11.6 Å². The second kappa shape index (κ2) is 5.81. The van der Waals surface area contributed by atoms with Gasteiger partial charge >= 0.3 is 0 Å². The van der Waals surface area contributed by atoms with Crippen molar-refractivity contribution in [2.45, 2.75) is 56.3 Å². The second-order valence-electron chi connectivity index (χ2n) is 5.86. The Kier molecular flexibility index (Phi) is 5.04. The van der Waals surface area contributed by atoms with E-state index < -0.39 is 10.0 Å². The van der Waals surface area contributed by atoms with E-state index in [-0.39, 0.29) is 21.7 Å². The van der Waals surface area contributed by atoms with Crippen molar-refractivity contribution in [1.29, 1.82) is 0 Å². The average Bonchev–Trinajstić information content (AvgIpc) is 2.27. The van der Waals surface area contributed by atoms with Crippen LogP contribution in [0.2, 0.25) is 0 Å². The number of benzene rings is 1. The molecule has 0 aliphatic carbocycles. The van der Waals surface area contributed by atoms with Crippen LogP contribution in [0, 0.1) is 0 Å². The first kappa shape index (κ1) is 16.5. The summed E-state index contributed by atoms with van der Waals surface area (Å²) in [5, 5.41) is -0.261. The molecule has 0 aliphatic heterocycles. The molecule has 1 N–H and O–H groups in total. The van der Waals surface area contributed by atoms with Crippen molar-refractivity contribution in [3.05, 3.63) is 29.8 Å². The van der Waals surface area contributed by atoms with Gasteiger partial charge in [0.15, 0.2) is 0 Å². The number of nitrogens with one attached hydrogen (secondary N) is 1. The molecule has 1 rings (SSSR count). The van der Waals surface area contributed by atoms with E-state index in [2.05, 4.69) is 25.5 Å². The number of alkyl halides is 1. The van der Waals surface area contributed by atoms with Crippen molar-refractivity contribution in [3.63, 3.8) is 0 Å². The molecule has 0 fully saturated rings. The van der Waals surface area contributed by atoms with Crippen LogP contribution in [-0.4, -0.2) is 19.8 Å². The Morgan fingerprint density at radius 3 is 1.95 bits per heavy atom. The molecule has 0 spiro atoms. The number of hydrogen-bond donors (Lipinski definition) is 1. The Balaban J connectivity index is 2.98. The highest BCUT2D eigenvalue weighted by Crippen LogP contribution is 2.23. The van der Waals surface area contributed by atoms with Crippen molar-refractivity contribution < 1.29 is 8.42 Å². The van der Waals surface area contributed by atoms with Crippen LogP contribution in [0.4, 0.5) is 0 Å². The van der Waals surface area contributed by atoms with Crippen molar-refractivity contribution in [2.75, 3.05) is 0 Å². The molecule has 19 heavy (non-hydrogen) atoms. The van der Waals surface area contributed by atoms with Crippen LogP contribution in [0.15, 0.2) is 29.2 Å². The maximum absolute atomic E-state index is 12.1. The molecule has 0 bridgehead atoms. The van der Waals surface area contributed by atoms with E-state index >= 15 is 0 Å². The van der Waals surface area contributed by atoms with Gasteiger partial charge in [-0.25, -0.2) is 13.1 Å². The van der Waals surface area contributed by atoms with Crippen molar-refractivity contribution >= 4 is 21.6 Å². The summed E-state index contributed by atoms with van der Waals surface area (Å²) >= 11 is 5.88. The molecule has 0 aromatic heterocycles. The summed E-state index contributed by atoms with van der Waals surface area (Å²) in [6, 6.07) is 6.66. The minimum absolute atomic E-state index is 0.00760. The highest BCUT2D eigenvalue weighted by atomic mass is 35.5. The maximum atomic E-state index is 12.1. The molecule has 3 nitrogen and oxygen atoms in total. The molecule has 0 aliphatic rings. The first-order chi connectivity index (χ1) is 8.54. The van der Waals surface area contributed by atoms with Crippen molar-refractivity contribution in [2.24, 2.45) is 0 Å². The Morgan fingerprint density at radius 2 is 1.58 bits per heavy atom. The summed E-state index contributed by atoms with van der Waals surface area (Å²) in [5.74, 6) is 0. The third-order valence-electron chi connectivity index (χ3n) is 3.06. The second-order valence-corrected chi connectivity index (χ2v) is 8.26. The third-order valence-corrected chi connectivity index (χ3v) is 5.01. The van der Waals surface area contributed by atoms with Crippen molar-refractivity contribution in [1.82, 2.24) is 4.72 Å². The van der Waals surface area contributed by atoms with Gasteiger partial charge < -0.3 is 0 Å². The van der Waals surface area contributed by atoms with E-state index in [9.17, 15) is 8.42 Å². The zero-order valence-corrected chi connectivity index (χ0v) is 13.6. The SMILES string of the molecule is C[C@@H](Cl)[C@@H](C)NS(=O)(=O)c1ccc(C(C)(C)C)cc1. The van der Waals surface area contributed by atoms with Crippen LogP contribution in [0.3, 0.4) is 0 Å². The van der Waals surface area contributed by atoms with Gasteiger partial charge in [-0.2, -0.15) is 0 Å². The van der Waals surface area contributed by atoms with Gasteiger partial charge in [0.1, 0.15) is 0 Å². The summed E-state index contributed by atoms with van der Waals surface area (Å²) < 4.78 is 26.8. The van der Waals surface area contributed by atoms with E-state index in [1.165, 1.54) is 0 Å². The lowest BCUT2D eigenvalue weighted by molar-refractivity contribution is 0.556.